The summed E-state index contributed by atoms with van der Waals surface area (Å²) in [6.45, 7) is 4.00. The minimum atomic E-state index is -0.744. The third-order valence-electron chi connectivity index (χ3n) is 2.99. The molecule has 0 spiro atoms. The summed E-state index contributed by atoms with van der Waals surface area (Å²) in [4.78, 5) is 26.1. The summed E-state index contributed by atoms with van der Waals surface area (Å²) in [5.74, 6) is -0.144. The third kappa shape index (κ3) is 2.24. The molecule has 2 rings (SSSR count). The van der Waals surface area contributed by atoms with Gasteiger partial charge in [0.15, 0.2) is 0 Å². The van der Waals surface area contributed by atoms with E-state index in [2.05, 4.69) is 21.2 Å². The standard InChI is InChI=1S/C11H13BrN2O2S/c1-3-11(2)9(15)14(10(16)13-11)5-8-4-7(12)6-17-8/h4,6H,3,5H2,1-2H3,(H,13,16). The first-order valence-electron chi connectivity index (χ1n) is 5.33. The molecule has 1 aromatic rings. The number of nitrogens with zero attached hydrogens (tertiary/aromatic N) is 1. The molecule has 1 aliphatic rings. The van der Waals surface area contributed by atoms with Crippen molar-refractivity contribution >= 4 is 39.2 Å². The second-order valence-electron chi connectivity index (χ2n) is 4.24. The van der Waals surface area contributed by atoms with Gasteiger partial charge in [-0.2, -0.15) is 0 Å². The monoisotopic (exact) mass is 316 g/mol. The summed E-state index contributed by atoms with van der Waals surface area (Å²) in [5, 5.41) is 4.67. The molecule has 17 heavy (non-hydrogen) atoms. The normalized spacial score (nSPS) is 24.3. The summed E-state index contributed by atoms with van der Waals surface area (Å²) in [6, 6.07) is 1.62. The highest BCUT2D eigenvalue weighted by molar-refractivity contribution is 9.10. The van der Waals surface area contributed by atoms with Gasteiger partial charge in [-0.05, 0) is 35.3 Å². The number of urea groups is 1. The molecule has 1 atom stereocenters. The number of nitrogens with one attached hydrogen (secondary N) is 1. The topological polar surface area (TPSA) is 49.4 Å². The molecule has 0 radical (unpaired) electrons. The Balaban J connectivity index is 2.17. The zero-order valence-electron chi connectivity index (χ0n) is 9.62. The van der Waals surface area contributed by atoms with E-state index in [1.54, 1.807) is 6.92 Å². The van der Waals surface area contributed by atoms with Gasteiger partial charge >= 0.3 is 6.03 Å². The van der Waals surface area contributed by atoms with Gasteiger partial charge in [0.05, 0.1) is 6.54 Å². The van der Waals surface area contributed by atoms with Crippen LogP contribution in [0.4, 0.5) is 4.79 Å². The van der Waals surface area contributed by atoms with Crippen molar-refractivity contribution in [1.29, 1.82) is 0 Å². The molecule has 0 aliphatic carbocycles. The fourth-order valence-corrected chi connectivity index (χ4v) is 3.16. The molecule has 2 heterocycles. The molecule has 92 valence electrons. The fraction of sp³-hybridized carbons (Fsp3) is 0.455. The van der Waals surface area contributed by atoms with Gasteiger partial charge in [0.2, 0.25) is 0 Å². The molecule has 1 aromatic heterocycles. The van der Waals surface area contributed by atoms with Crippen LogP contribution in [0.3, 0.4) is 0 Å². The van der Waals surface area contributed by atoms with E-state index in [9.17, 15) is 9.59 Å². The van der Waals surface area contributed by atoms with Crippen LogP contribution in [0, 0.1) is 0 Å². The molecule has 0 aromatic carbocycles. The lowest BCUT2D eigenvalue weighted by atomic mass is 9.99. The van der Waals surface area contributed by atoms with Gasteiger partial charge in [-0.25, -0.2) is 4.79 Å². The van der Waals surface area contributed by atoms with Gasteiger partial charge in [0.25, 0.3) is 5.91 Å². The largest absolute Gasteiger partial charge is 0.325 e. The molecule has 1 saturated heterocycles. The Kier molecular flexibility index (Phi) is 3.27. The Morgan fingerprint density at radius 1 is 1.53 bits per heavy atom. The lowest BCUT2D eigenvalue weighted by Gasteiger charge is -2.18. The summed E-state index contributed by atoms with van der Waals surface area (Å²) >= 11 is 4.88. The first-order valence-corrected chi connectivity index (χ1v) is 7.00. The molecule has 1 unspecified atom stereocenters. The Bertz CT molecular complexity index is 474. The number of carbonyl (C=O) groups is 2. The molecule has 6 heteroatoms. The maximum Gasteiger partial charge on any atom is 0.325 e. The van der Waals surface area contributed by atoms with Gasteiger partial charge in [0.1, 0.15) is 5.54 Å². The number of carbonyl (C=O) groups excluding carboxylic acids is 2. The minimum Gasteiger partial charge on any atom is -0.323 e. The van der Waals surface area contributed by atoms with Gasteiger partial charge < -0.3 is 5.32 Å². The zero-order chi connectivity index (χ0) is 12.6. The number of thiophene rings is 1. The fourth-order valence-electron chi connectivity index (χ4n) is 1.72. The van der Waals surface area contributed by atoms with Crippen LogP contribution in [-0.2, 0) is 11.3 Å². The van der Waals surface area contributed by atoms with E-state index in [0.29, 0.717) is 13.0 Å². The van der Waals surface area contributed by atoms with Crippen molar-refractivity contribution in [3.05, 3.63) is 20.8 Å². The molecule has 1 fully saturated rings. The van der Waals surface area contributed by atoms with E-state index in [-0.39, 0.29) is 11.9 Å². The molecule has 1 aliphatic heterocycles. The number of hydrogen-bond donors (Lipinski definition) is 1. The van der Waals surface area contributed by atoms with Crippen molar-refractivity contribution in [1.82, 2.24) is 10.2 Å². The van der Waals surface area contributed by atoms with Crippen LogP contribution in [0.1, 0.15) is 25.1 Å². The second kappa shape index (κ2) is 4.42. The van der Waals surface area contributed by atoms with E-state index in [1.807, 2.05) is 18.4 Å². The van der Waals surface area contributed by atoms with Crippen molar-refractivity contribution in [2.45, 2.75) is 32.4 Å². The van der Waals surface area contributed by atoms with Crippen LogP contribution in [0.2, 0.25) is 0 Å². The van der Waals surface area contributed by atoms with Crippen molar-refractivity contribution in [2.24, 2.45) is 0 Å². The smallest absolute Gasteiger partial charge is 0.323 e. The van der Waals surface area contributed by atoms with Gasteiger partial charge in [-0.15, -0.1) is 11.3 Å². The Morgan fingerprint density at radius 3 is 2.71 bits per heavy atom. The third-order valence-corrected chi connectivity index (χ3v) is 4.67. The first-order chi connectivity index (χ1) is 7.96. The van der Waals surface area contributed by atoms with Crippen LogP contribution in [0.25, 0.3) is 0 Å². The molecule has 0 saturated carbocycles. The maximum atomic E-state index is 12.1. The minimum absolute atomic E-state index is 0.144. The van der Waals surface area contributed by atoms with E-state index in [1.165, 1.54) is 16.2 Å². The van der Waals surface area contributed by atoms with E-state index < -0.39 is 5.54 Å². The summed E-state index contributed by atoms with van der Waals surface area (Å²) in [7, 11) is 0. The van der Waals surface area contributed by atoms with Crippen molar-refractivity contribution in [3.8, 4) is 0 Å². The number of imide groups is 1. The Hall–Kier alpha value is -0.880. The highest BCUT2D eigenvalue weighted by Crippen LogP contribution is 2.26. The molecular formula is C11H13BrN2O2S. The predicted octanol–water partition coefficient (Wildman–Crippen LogP) is 2.73. The number of rotatable bonds is 3. The average molecular weight is 317 g/mol. The lowest BCUT2D eigenvalue weighted by Crippen LogP contribution is -2.43. The second-order valence-corrected chi connectivity index (χ2v) is 6.15. The number of halogens is 1. The molecule has 3 amide bonds. The maximum absolute atomic E-state index is 12.1. The highest BCUT2D eigenvalue weighted by Gasteiger charge is 2.46. The summed E-state index contributed by atoms with van der Waals surface area (Å²) in [6.07, 6.45) is 0.599. The van der Waals surface area contributed by atoms with Crippen LogP contribution in [-0.4, -0.2) is 22.4 Å². The SMILES string of the molecule is CCC1(C)NC(=O)N(Cc2cc(Br)cs2)C1=O. The Morgan fingerprint density at radius 2 is 2.24 bits per heavy atom. The molecule has 1 N–H and O–H groups in total. The van der Waals surface area contributed by atoms with Crippen LogP contribution >= 0.6 is 27.3 Å². The van der Waals surface area contributed by atoms with Crippen molar-refractivity contribution < 1.29 is 9.59 Å². The molecular weight excluding hydrogens is 304 g/mol. The molecule has 0 bridgehead atoms. The van der Waals surface area contributed by atoms with E-state index in [4.69, 9.17) is 0 Å². The van der Waals surface area contributed by atoms with Gasteiger partial charge in [0, 0.05) is 14.7 Å². The summed E-state index contributed by atoms with van der Waals surface area (Å²) < 4.78 is 0.975. The number of amides is 3. The van der Waals surface area contributed by atoms with E-state index in [0.717, 1.165) is 9.35 Å². The zero-order valence-corrected chi connectivity index (χ0v) is 12.0. The molecule has 4 nitrogen and oxygen atoms in total. The van der Waals surface area contributed by atoms with Gasteiger partial charge in [-0.1, -0.05) is 6.92 Å². The summed E-state index contributed by atoms with van der Waals surface area (Å²) in [5.41, 5.74) is -0.744. The first kappa shape index (κ1) is 12.6. The van der Waals surface area contributed by atoms with Crippen molar-refractivity contribution in [2.75, 3.05) is 0 Å². The average Bonchev–Trinajstić information content (AvgIpc) is 2.78. The van der Waals surface area contributed by atoms with Crippen LogP contribution in [0.5, 0.6) is 0 Å². The van der Waals surface area contributed by atoms with Crippen molar-refractivity contribution in [3.63, 3.8) is 0 Å². The predicted molar refractivity (Wildman–Crippen MR) is 69.8 cm³/mol. The highest BCUT2D eigenvalue weighted by atomic mass is 79.9. The quantitative estimate of drug-likeness (QED) is 0.872. The Labute approximate surface area is 112 Å². The lowest BCUT2D eigenvalue weighted by molar-refractivity contribution is -0.131. The van der Waals surface area contributed by atoms with E-state index >= 15 is 0 Å². The number of hydrogen-bond acceptors (Lipinski definition) is 3. The van der Waals surface area contributed by atoms with Gasteiger partial charge in [-0.3, -0.25) is 9.69 Å². The van der Waals surface area contributed by atoms with Crippen LogP contribution in [0.15, 0.2) is 15.9 Å². The van der Waals surface area contributed by atoms with Crippen LogP contribution < -0.4 is 5.32 Å².